The quantitative estimate of drug-likeness (QED) is 0.822. The van der Waals surface area contributed by atoms with Crippen LogP contribution >= 0.6 is 0 Å². The summed E-state index contributed by atoms with van der Waals surface area (Å²) in [6, 6.07) is 9.57. The Bertz CT molecular complexity index is 322. The van der Waals surface area contributed by atoms with Gasteiger partial charge in [-0.05, 0) is 18.9 Å². The third-order valence-corrected chi connectivity index (χ3v) is 2.41. The highest BCUT2D eigenvalue weighted by atomic mass is 16.2. The van der Waals surface area contributed by atoms with E-state index < -0.39 is 6.04 Å². The third-order valence-electron chi connectivity index (χ3n) is 2.41. The largest absolute Gasteiger partial charge is 0.337 e. The highest BCUT2D eigenvalue weighted by molar-refractivity contribution is 5.81. The molecule has 16 heavy (non-hydrogen) atoms. The van der Waals surface area contributed by atoms with Crippen molar-refractivity contribution in [3.05, 3.63) is 35.9 Å². The highest BCUT2D eigenvalue weighted by Gasteiger charge is 2.16. The van der Waals surface area contributed by atoms with Crippen molar-refractivity contribution in [3.8, 4) is 0 Å². The first-order valence-corrected chi connectivity index (χ1v) is 5.73. The minimum absolute atomic E-state index is 0.0192. The zero-order chi connectivity index (χ0) is 12.0. The Labute approximate surface area is 97.2 Å². The van der Waals surface area contributed by atoms with Gasteiger partial charge in [0, 0.05) is 13.1 Å². The van der Waals surface area contributed by atoms with Crippen LogP contribution in [0.5, 0.6) is 0 Å². The van der Waals surface area contributed by atoms with Crippen LogP contribution in [0.3, 0.4) is 0 Å². The van der Waals surface area contributed by atoms with Crippen LogP contribution < -0.4 is 5.73 Å². The summed E-state index contributed by atoms with van der Waals surface area (Å²) in [7, 11) is 0. The number of hydrogen-bond donors (Lipinski definition) is 1. The van der Waals surface area contributed by atoms with Crippen molar-refractivity contribution in [2.45, 2.75) is 32.9 Å². The molecule has 0 aliphatic rings. The fourth-order valence-corrected chi connectivity index (χ4v) is 1.63. The molecule has 0 aliphatic carbocycles. The van der Waals surface area contributed by atoms with Crippen LogP contribution in [0, 0.1) is 0 Å². The monoisotopic (exact) mass is 220 g/mol. The maximum atomic E-state index is 11.8. The standard InChI is InChI=1S/C13H20N2O/c1-3-9-15(13(16)11(2)14)10-12-7-5-4-6-8-12/h4-8,11H,3,9-10,14H2,1-2H3. The molecule has 3 heteroatoms. The minimum Gasteiger partial charge on any atom is -0.337 e. The van der Waals surface area contributed by atoms with Gasteiger partial charge in [-0.3, -0.25) is 4.79 Å². The Balaban J connectivity index is 2.68. The zero-order valence-corrected chi connectivity index (χ0v) is 10.0. The number of carbonyl (C=O) groups excluding carboxylic acids is 1. The molecule has 0 aliphatic heterocycles. The SMILES string of the molecule is CCCN(Cc1ccccc1)C(=O)C(C)N. The highest BCUT2D eigenvalue weighted by Crippen LogP contribution is 2.06. The number of benzene rings is 1. The second-order valence-corrected chi connectivity index (χ2v) is 4.03. The molecule has 88 valence electrons. The summed E-state index contributed by atoms with van der Waals surface area (Å²) in [5.41, 5.74) is 6.77. The summed E-state index contributed by atoms with van der Waals surface area (Å²) < 4.78 is 0. The van der Waals surface area contributed by atoms with Crippen LogP contribution in [-0.4, -0.2) is 23.4 Å². The van der Waals surface area contributed by atoms with Crippen molar-refractivity contribution in [2.24, 2.45) is 5.73 Å². The molecule has 0 spiro atoms. The third kappa shape index (κ3) is 3.66. The van der Waals surface area contributed by atoms with Crippen molar-refractivity contribution < 1.29 is 4.79 Å². The lowest BCUT2D eigenvalue weighted by Gasteiger charge is -2.24. The van der Waals surface area contributed by atoms with Gasteiger partial charge < -0.3 is 10.6 Å². The molecule has 1 aromatic rings. The van der Waals surface area contributed by atoms with Gasteiger partial charge in [0.2, 0.25) is 5.91 Å². The van der Waals surface area contributed by atoms with E-state index in [2.05, 4.69) is 6.92 Å². The average Bonchev–Trinajstić information content (AvgIpc) is 2.29. The van der Waals surface area contributed by atoms with Gasteiger partial charge in [-0.25, -0.2) is 0 Å². The van der Waals surface area contributed by atoms with Crippen LogP contribution in [0.25, 0.3) is 0 Å². The van der Waals surface area contributed by atoms with E-state index in [-0.39, 0.29) is 5.91 Å². The fraction of sp³-hybridized carbons (Fsp3) is 0.462. The molecule has 1 rings (SSSR count). The summed E-state index contributed by atoms with van der Waals surface area (Å²) >= 11 is 0. The van der Waals surface area contributed by atoms with E-state index in [1.54, 1.807) is 6.92 Å². The van der Waals surface area contributed by atoms with E-state index in [1.165, 1.54) is 0 Å². The van der Waals surface area contributed by atoms with Crippen molar-refractivity contribution in [1.29, 1.82) is 0 Å². The maximum absolute atomic E-state index is 11.8. The molecule has 1 unspecified atom stereocenters. The molecule has 0 saturated carbocycles. The van der Waals surface area contributed by atoms with Crippen LogP contribution in [0.4, 0.5) is 0 Å². The molecule has 0 radical (unpaired) electrons. The van der Waals surface area contributed by atoms with E-state index in [9.17, 15) is 4.79 Å². The summed E-state index contributed by atoms with van der Waals surface area (Å²) in [6.07, 6.45) is 0.950. The normalized spacial score (nSPS) is 12.2. The van der Waals surface area contributed by atoms with Gasteiger partial charge in [0.25, 0.3) is 0 Å². The van der Waals surface area contributed by atoms with Crippen molar-refractivity contribution in [2.75, 3.05) is 6.54 Å². The first-order valence-electron chi connectivity index (χ1n) is 5.73. The predicted molar refractivity (Wildman–Crippen MR) is 65.8 cm³/mol. The molecule has 0 heterocycles. The Kier molecular flexibility index (Phi) is 4.99. The molecule has 2 N–H and O–H groups in total. The van der Waals surface area contributed by atoms with E-state index in [4.69, 9.17) is 5.73 Å². The number of amides is 1. The molecule has 3 nitrogen and oxygen atoms in total. The fourth-order valence-electron chi connectivity index (χ4n) is 1.63. The van der Waals surface area contributed by atoms with E-state index in [0.29, 0.717) is 6.54 Å². The van der Waals surface area contributed by atoms with Crippen molar-refractivity contribution in [1.82, 2.24) is 4.90 Å². The molecule has 0 saturated heterocycles. The van der Waals surface area contributed by atoms with Gasteiger partial charge in [0.1, 0.15) is 0 Å². The van der Waals surface area contributed by atoms with Gasteiger partial charge in [0.15, 0.2) is 0 Å². The Morgan fingerprint density at radius 1 is 1.38 bits per heavy atom. The molecule has 0 aromatic heterocycles. The number of hydrogen-bond acceptors (Lipinski definition) is 2. The minimum atomic E-state index is -0.421. The van der Waals surface area contributed by atoms with E-state index >= 15 is 0 Å². The smallest absolute Gasteiger partial charge is 0.239 e. The van der Waals surface area contributed by atoms with Gasteiger partial charge in [-0.1, -0.05) is 37.3 Å². The Morgan fingerprint density at radius 3 is 2.50 bits per heavy atom. The second kappa shape index (κ2) is 6.28. The summed E-state index contributed by atoms with van der Waals surface area (Å²) in [4.78, 5) is 13.7. The Morgan fingerprint density at radius 2 is 2.00 bits per heavy atom. The number of rotatable bonds is 5. The zero-order valence-electron chi connectivity index (χ0n) is 10.0. The molecule has 1 aromatic carbocycles. The van der Waals surface area contributed by atoms with Gasteiger partial charge in [-0.2, -0.15) is 0 Å². The van der Waals surface area contributed by atoms with Crippen LogP contribution in [0.1, 0.15) is 25.8 Å². The number of nitrogens with zero attached hydrogens (tertiary/aromatic N) is 1. The molecular formula is C13H20N2O. The van der Waals surface area contributed by atoms with Crippen LogP contribution in [-0.2, 0) is 11.3 Å². The number of carbonyl (C=O) groups is 1. The van der Waals surface area contributed by atoms with Crippen molar-refractivity contribution in [3.63, 3.8) is 0 Å². The first-order chi connectivity index (χ1) is 7.65. The maximum Gasteiger partial charge on any atom is 0.239 e. The van der Waals surface area contributed by atoms with E-state index in [1.807, 2.05) is 35.2 Å². The molecule has 1 amide bonds. The lowest BCUT2D eigenvalue weighted by Crippen LogP contribution is -2.42. The van der Waals surface area contributed by atoms with Gasteiger partial charge in [0.05, 0.1) is 6.04 Å². The molecule has 1 atom stereocenters. The lowest BCUT2D eigenvalue weighted by molar-refractivity contribution is -0.132. The van der Waals surface area contributed by atoms with E-state index in [0.717, 1.165) is 18.5 Å². The average molecular weight is 220 g/mol. The van der Waals surface area contributed by atoms with Gasteiger partial charge in [-0.15, -0.1) is 0 Å². The summed E-state index contributed by atoms with van der Waals surface area (Å²) in [5.74, 6) is 0.0192. The second-order valence-electron chi connectivity index (χ2n) is 4.03. The molecular weight excluding hydrogens is 200 g/mol. The summed E-state index contributed by atoms with van der Waals surface area (Å²) in [6.45, 7) is 5.20. The van der Waals surface area contributed by atoms with Crippen LogP contribution in [0.2, 0.25) is 0 Å². The molecule has 0 bridgehead atoms. The Hall–Kier alpha value is -1.35. The summed E-state index contributed by atoms with van der Waals surface area (Å²) in [5, 5.41) is 0. The first kappa shape index (κ1) is 12.7. The number of nitrogens with two attached hydrogens (primary N) is 1. The van der Waals surface area contributed by atoms with Gasteiger partial charge >= 0.3 is 0 Å². The van der Waals surface area contributed by atoms with Crippen molar-refractivity contribution >= 4 is 5.91 Å². The lowest BCUT2D eigenvalue weighted by atomic mass is 10.2. The van der Waals surface area contributed by atoms with Crippen LogP contribution in [0.15, 0.2) is 30.3 Å². The molecule has 0 fully saturated rings. The topological polar surface area (TPSA) is 46.3 Å². The predicted octanol–water partition coefficient (Wildman–Crippen LogP) is 1.77.